The van der Waals surface area contributed by atoms with Crippen LogP contribution < -0.4 is 10.2 Å². The maximum atomic E-state index is 14.3. The van der Waals surface area contributed by atoms with Crippen LogP contribution >= 0.6 is 11.3 Å². The molecule has 0 bridgehead atoms. The fourth-order valence-electron chi connectivity index (χ4n) is 3.63. The smallest absolute Gasteiger partial charge is 0.334 e. The number of aromatic nitrogens is 2. The summed E-state index contributed by atoms with van der Waals surface area (Å²) in [4.78, 5) is 37.9. The standard InChI is InChI=1S/C25H27FN4O5S/c1-4-5-10-30(23(33)17-8-6-7-9-18(17)26)25-29-28-22(36-25)16-11-14(2)20(15(3)12-16)21(32)27-13-19(31)24(34)35/h6-9,11-12,19,31H,4-5,10,13H2,1-3H3,(H,27,32)(H,34,35). The van der Waals surface area contributed by atoms with Gasteiger partial charge in [-0.15, -0.1) is 10.2 Å². The normalized spacial score (nSPS) is 11.7. The van der Waals surface area contributed by atoms with Gasteiger partial charge in [0.2, 0.25) is 5.13 Å². The number of nitrogens with one attached hydrogen (secondary N) is 1. The summed E-state index contributed by atoms with van der Waals surface area (Å²) in [5.41, 5.74) is 2.24. The largest absolute Gasteiger partial charge is 0.479 e. The Hall–Kier alpha value is -3.70. The van der Waals surface area contributed by atoms with Gasteiger partial charge in [-0.3, -0.25) is 14.5 Å². The van der Waals surface area contributed by atoms with Crippen molar-refractivity contribution in [1.29, 1.82) is 0 Å². The number of hydrogen-bond acceptors (Lipinski definition) is 7. The SMILES string of the molecule is CCCCN(C(=O)c1ccccc1F)c1nnc(-c2cc(C)c(C(=O)NCC(O)C(=O)O)c(C)c2)s1. The molecule has 3 aromatic rings. The van der Waals surface area contributed by atoms with Gasteiger partial charge in [0.25, 0.3) is 11.8 Å². The lowest BCUT2D eigenvalue weighted by atomic mass is 9.99. The summed E-state index contributed by atoms with van der Waals surface area (Å²) in [7, 11) is 0. The lowest BCUT2D eigenvalue weighted by Crippen LogP contribution is -2.37. The van der Waals surface area contributed by atoms with Gasteiger partial charge in [0, 0.05) is 17.7 Å². The van der Waals surface area contributed by atoms with E-state index in [2.05, 4.69) is 15.5 Å². The molecule has 3 rings (SSSR count). The number of carbonyl (C=O) groups excluding carboxylic acids is 2. The van der Waals surface area contributed by atoms with Crippen LogP contribution in [0.3, 0.4) is 0 Å². The number of unbranched alkanes of at least 4 members (excludes halogenated alkanes) is 1. The molecule has 0 aliphatic carbocycles. The number of benzene rings is 2. The van der Waals surface area contributed by atoms with Crippen molar-refractivity contribution in [2.45, 2.75) is 39.7 Å². The van der Waals surface area contributed by atoms with E-state index < -0.39 is 36.2 Å². The van der Waals surface area contributed by atoms with E-state index in [-0.39, 0.29) is 5.56 Å². The molecule has 11 heteroatoms. The van der Waals surface area contributed by atoms with E-state index in [1.54, 1.807) is 32.0 Å². The predicted octanol–water partition coefficient (Wildman–Crippen LogP) is 3.58. The summed E-state index contributed by atoms with van der Waals surface area (Å²) in [5, 5.41) is 29.9. The lowest BCUT2D eigenvalue weighted by molar-refractivity contribution is -0.146. The van der Waals surface area contributed by atoms with Crippen LogP contribution in [-0.2, 0) is 4.79 Å². The van der Waals surface area contributed by atoms with Crippen molar-refractivity contribution >= 4 is 34.3 Å². The molecule has 36 heavy (non-hydrogen) atoms. The predicted molar refractivity (Wildman–Crippen MR) is 134 cm³/mol. The van der Waals surface area contributed by atoms with Crippen LogP contribution in [0.25, 0.3) is 10.6 Å². The quantitative estimate of drug-likeness (QED) is 0.377. The second-order valence-electron chi connectivity index (χ2n) is 8.23. The number of hydrogen-bond donors (Lipinski definition) is 3. The van der Waals surface area contributed by atoms with Crippen LogP contribution in [0.5, 0.6) is 0 Å². The third-order valence-corrected chi connectivity index (χ3v) is 6.47. The number of anilines is 1. The van der Waals surface area contributed by atoms with Crippen molar-refractivity contribution in [3.8, 4) is 10.6 Å². The molecule has 3 N–H and O–H groups in total. The van der Waals surface area contributed by atoms with Crippen molar-refractivity contribution in [3.05, 3.63) is 64.5 Å². The highest BCUT2D eigenvalue weighted by atomic mass is 32.1. The first-order valence-electron chi connectivity index (χ1n) is 11.3. The minimum Gasteiger partial charge on any atom is -0.479 e. The Morgan fingerprint density at radius 1 is 1.14 bits per heavy atom. The number of aryl methyl sites for hydroxylation is 2. The third kappa shape index (κ3) is 6.10. The average molecular weight is 515 g/mol. The average Bonchev–Trinajstić information content (AvgIpc) is 3.32. The minimum absolute atomic E-state index is 0.0413. The Labute approximate surface area is 211 Å². The van der Waals surface area contributed by atoms with Gasteiger partial charge in [-0.25, -0.2) is 9.18 Å². The number of aliphatic hydroxyl groups is 1. The zero-order valence-corrected chi connectivity index (χ0v) is 20.9. The number of carboxylic acid groups (broad SMARTS) is 1. The molecule has 0 radical (unpaired) electrons. The van der Waals surface area contributed by atoms with E-state index in [1.165, 1.54) is 34.4 Å². The number of aliphatic hydroxyl groups excluding tert-OH is 1. The van der Waals surface area contributed by atoms with Gasteiger partial charge in [0.15, 0.2) is 6.10 Å². The first-order valence-corrected chi connectivity index (χ1v) is 12.2. The molecule has 2 amide bonds. The second kappa shape index (κ2) is 11.8. The molecule has 0 aliphatic heterocycles. The summed E-state index contributed by atoms with van der Waals surface area (Å²) in [5.74, 6) is -3.03. The Morgan fingerprint density at radius 3 is 2.42 bits per heavy atom. The van der Waals surface area contributed by atoms with Gasteiger partial charge in [0.1, 0.15) is 10.8 Å². The number of carboxylic acids is 1. The fourth-order valence-corrected chi connectivity index (χ4v) is 4.49. The number of halogens is 1. The summed E-state index contributed by atoms with van der Waals surface area (Å²) < 4.78 is 14.3. The van der Waals surface area contributed by atoms with Gasteiger partial charge in [-0.2, -0.15) is 0 Å². The van der Waals surface area contributed by atoms with Gasteiger partial charge in [0.05, 0.1) is 12.1 Å². The zero-order chi connectivity index (χ0) is 26.4. The molecule has 1 heterocycles. The number of carbonyl (C=O) groups is 3. The van der Waals surface area contributed by atoms with Crippen molar-refractivity contribution in [2.75, 3.05) is 18.0 Å². The van der Waals surface area contributed by atoms with Crippen molar-refractivity contribution < 1.29 is 29.0 Å². The van der Waals surface area contributed by atoms with E-state index >= 15 is 0 Å². The lowest BCUT2D eigenvalue weighted by Gasteiger charge is -2.19. The molecule has 0 spiro atoms. The first-order chi connectivity index (χ1) is 17.1. The molecule has 1 aromatic heterocycles. The Balaban J connectivity index is 1.87. The van der Waals surface area contributed by atoms with Crippen LogP contribution in [-0.4, -0.2) is 57.4 Å². The summed E-state index contributed by atoms with van der Waals surface area (Å²) in [6.07, 6.45) is -0.164. The molecular weight excluding hydrogens is 487 g/mol. The van der Waals surface area contributed by atoms with Crippen molar-refractivity contribution in [3.63, 3.8) is 0 Å². The summed E-state index contributed by atoms with van der Waals surface area (Å²) in [6.45, 7) is 5.39. The van der Waals surface area contributed by atoms with Gasteiger partial charge in [-0.05, 0) is 55.7 Å². The van der Waals surface area contributed by atoms with Gasteiger partial charge < -0.3 is 15.5 Å². The number of nitrogens with zero attached hydrogens (tertiary/aromatic N) is 3. The highest BCUT2D eigenvalue weighted by Crippen LogP contribution is 2.32. The van der Waals surface area contributed by atoms with E-state index in [1.807, 2.05) is 6.92 Å². The highest BCUT2D eigenvalue weighted by Gasteiger charge is 2.24. The van der Waals surface area contributed by atoms with Crippen LogP contribution in [0.4, 0.5) is 9.52 Å². The van der Waals surface area contributed by atoms with E-state index in [0.717, 1.165) is 6.42 Å². The van der Waals surface area contributed by atoms with E-state index in [4.69, 9.17) is 5.11 Å². The first kappa shape index (κ1) is 26.9. The van der Waals surface area contributed by atoms with Crippen LogP contribution in [0, 0.1) is 19.7 Å². The summed E-state index contributed by atoms with van der Waals surface area (Å²) in [6, 6.07) is 9.29. The molecular formula is C25H27FN4O5S. The summed E-state index contributed by atoms with van der Waals surface area (Å²) >= 11 is 1.18. The second-order valence-corrected chi connectivity index (χ2v) is 9.19. The topological polar surface area (TPSA) is 133 Å². The maximum absolute atomic E-state index is 14.3. The van der Waals surface area contributed by atoms with Crippen molar-refractivity contribution in [1.82, 2.24) is 15.5 Å². The molecule has 1 atom stereocenters. The molecule has 0 saturated heterocycles. The molecule has 190 valence electrons. The molecule has 0 aliphatic rings. The van der Waals surface area contributed by atoms with Crippen LogP contribution in [0.15, 0.2) is 36.4 Å². The maximum Gasteiger partial charge on any atom is 0.334 e. The highest BCUT2D eigenvalue weighted by molar-refractivity contribution is 7.18. The third-order valence-electron chi connectivity index (χ3n) is 5.48. The van der Waals surface area contributed by atoms with E-state index in [9.17, 15) is 23.9 Å². The Bertz CT molecular complexity index is 1260. The molecule has 0 fully saturated rings. The Morgan fingerprint density at radius 2 is 1.81 bits per heavy atom. The number of amides is 2. The monoisotopic (exact) mass is 514 g/mol. The minimum atomic E-state index is -1.70. The van der Waals surface area contributed by atoms with Crippen molar-refractivity contribution in [2.24, 2.45) is 0 Å². The molecule has 0 saturated carbocycles. The van der Waals surface area contributed by atoms with E-state index in [0.29, 0.717) is 45.4 Å². The number of aliphatic carboxylic acids is 1. The van der Waals surface area contributed by atoms with Crippen LogP contribution in [0.2, 0.25) is 0 Å². The van der Waals surface area contributed by atoms with Gasteiger partial charge >= 0.3 is 5.97 Å². The van der Waals surface area contributed by atoms with Gasteiger partial charge in [-0.1, -0.05) is 36.8 Å². The fraction of sp³-hybridized carbons (Fsp3) is 0.320. The molecule has 9 nitrogen and oxygen atoms in total. The zero-order valence-electron chi connectivity index (χ0n) is 20.1. The molecule has 1 unspecified atom stereocenters. The van der Waals surface area contributed by atoms with Crippen LogP contribution in [0.1, 0.15) is 51.6 Å². The molecule has 2 aromatic carbocycles. The Kier molecular flexibility index (Phi) is 8.83. The number of rotatable bonds is 10.